The number of nitrogens with zero attached hydrogens (tertiary/aromatic N) is 2. The zero-order valence-electron chi connectivity index (χ0n) is 35.1. The van der Waals surface area contributed by atoms with Crippen LogP contribution in [0, 0.1) is 17.3 Å². The lowest BCUT2D eigenvalue weighted by molar-refractivity contribution is -0.143. The highest BCUT2D eigenvalue weighted by Gasteiger charge is 2.62. The third kappa shape index (κ3) is 9.58. The highest BCUT2D eigenvalue weighted by atomic mass is 32.2. The lowest BCUT2D eigenvalue weighted by Crippen LogP contribution is -2.46. The number of methoxy groups -OCH3 is 1. The number of fused-ring (bicyclic) bond motifs is 4. The number of pyridine rings is 1. The van der Waals surface area contributed by atoms with Gasteiger partial charge in [-0.1, -0.05) is 88.1 Å². The van der Waals surface area contributed by atoms with Crippen LogP contribution in [-0.4, -0.2) is 72.7 Å². The molecule has 60 heavy (non-hydrogen) atoms. The summed E-state index contributed by atoms with van der Waals surface area (Å²) in [6.45, 7) is 0.145. The third-order valence-electron chi connectivity index (χ3n) is 13.9. The number of nitrogens with one attached hydrogen (secondary N) is 1. The Labute approximate surface area is 354 Å². The Morgan fingerprint density at radius 1 is 0.867 bits per heavy atom. The molecule has 2 saturated heterocycles. The molecule has 4 heterocycles. The molecular weight excluding hydrogens is 779 g/mol. The molecule has 2 amide bonds. The van der Waals surface area contributed by atoms with Gasteiger partial charge in [-0.2, -0.15) is 0 Å². The highest BCUT2D eigenvalue weighted by molar-refractivity contribution is 7.90. The van der Waals surface area contributed by atoms with Crippen LogP contribution in [0.15, 0.2) is 48.5 Å². The summed E-state index contributed by atoms with van der Waals surface area (Å²) < 4.78 is 41.3. The van der Waals surface area contributed by atoms with Gasteiger partial charge in [-0.25, -0.2) is 13.4 Å². The van der Waals surface area contributed by atoms with Gasteiger partial charge in [-0.3, -0.25) is 23.9 Å². The average Bonchev–Trinajstić information content (AvgIpc) is 4.17. The SMILES string of the molecule is COc1cc2nc(-c3ccccc3)cc3c2cc1CCCCCCCCC(=O)C[C@H]1CCCCCCC[C@H]2C[C@@]2(C(=O)NS(=O)(=O)C2CC2)CC(=O)[C@@H]2C[C@H](CN2C1=O)O3. The van der Waals surface area contributed by atoms with Crippen LogP contribution in [0.5, 0.6) is 11.5 Å². The van der Waals surface area contributed by atoms with Crippen LogP contribution in [-0.2, 0) is 35.6 Å². The summed E-state index contributed by atoms with van der Waals surface area (Å²) in [7, 11) is -2.14. The second kappa shape index (κ2) is 18.3. The van der Waals surface area contributed by atoms with Crippen molar-refractivity contribution in [3.05, 3.63) is 54.1 Å². The number of carbonyl (C=O) groups is 4. The Kier molecular flexibility index (Phi) is 13.0. The van der Waals surface area contributed by atoms with Crippen LogP contribution in [0.1, 0.15) is 134 Å². The van der Waals surface area contributed by atoms with Crippen molar-refractivity contribution in [3.63, 3.8) is 0 Å². The van der Waals surface area contributed by atoms with Crippen molar-refractivity contribution in [1.29, 1.82) is 0 Å². The number of ether oxygens (including phenoxy) is 2. The molecule has 1 N–H and O–H groups in total. The first-order valence-electron chi connectivity index (χ1n) is 22.7. The summed E-state index contributed by atoms with van der Waals surface area (Å²) in [4.78, 5) is 63.9. The molecule has 11 nitrogen and oxygen atoms in total. The van der Waals surface area contributed by atoms with Gasteiger partial charge < -0.3 is 14.4 Å². The molecule has 2 aromatic carbocycles. The molecule has 4 fully saturated rings. The summed E-state index contributed by atoms with van der Waals surface area (Å²) in [5.74, 6) is -0.272. The Hall–Kier alpha value is -4.32. The molecule has 3 aliphatic heterocycles. The third-order valence-corrected chi connectivity index (χ3v) is 15.7. The molecule has 0 unspecified atom stereocenters. The van der Waals surface area contributed by atoms with Gasteiger partial charge in [0.1, 0.15) is 23.4 Å². The molecule has 5 aliphatic rings. The molecule has 5 atom stereocenters. The van der Waals surface area contributed by atoms with Crippen molar-refractivity contribution in [1.82, 2.24) is 14.6 Å². The second-order valence-electron chi connectivity index (χ2n) is 18.3. The molecular formula is C48H61N3O8S. The van der Waals surface area contributed by atoms with Crippen molar-refractivity contribution in [2.75, 3.05) is 13.7 Å². The van der Waals surface area contributed by atoms with Crippen LogP contribution in [0.4, 0.5) is 0 Å². The number of rotatable bonds is 5. The van der Waals surface area contributed by atoms with E-state index in [1.807, 2.05) is 42.5 Å². The quantitative estimate of drug-likeness (QED) is 0.267. The van der Waals surface area contributed by atoms with E-state index in [1.165, 1.54) is 0 Å². The predicted molar refractivity (Wildman–Crippen MR) is 230 cm³/mol. The first-order valence-corrected chi connectivity index (χ1v) is 24.2. The number of amides is 2. The number of hydrogen-bond donors (Lipinski definition) is 1. The number of sulfonamides is 1. The summed E-state index contributed by atoms with van der Waals surface area (Å²) in [6, 6.07) is 15.0. The minimum atomic E-state index is -3.82. The first-order chi connectivity index (χ1) is 29.0. The van der Waals surface area contributed by atoms with E-state index in [4.69, 9.17) is 14.5 Å². The van der Waals surface area contributed by atoms with Crippen molar-refractivity contribution < 1.29 is 37.1 Å². The van der Waals surface area contributed by atoms with Crippen molar-refractivity contribution in [3.8, 4) is 22.8 Å². The van der Waals surface area contributed by atoms with Gasteiger partial charge in [-0.15, -0.1) is 0 Å². The molecule has 322 valence electrons. The monoisotopic (exact) mass is 839 g/mol. The van der Waals surface area contributed by atoms with Crippen molar-refractivity contribution >= 4 is 44.3 Å². The molecule has 3 aromatic rings. The van der Waals surface area contributed by atoms with Crippen molar-refractivity contribution in [2.24, 2.45) is 17.3 Å². The summed E-state index contributed by atoms with van der Waals surface area (Å²) in [5, 5.41) is 0.253. The fourth-order valence-corrected chi connectivity index (χ4v) is 11.5. The van der Waals surface area contributed by atoms with Gasteiger partial charge in [0.25, 0.3) is 0 Å². The van der Waals surface area contributed by atoms with Crippen LogP contribution in [0.25, 0.3) is 22.2 Å². The fraction of sp³-hybridized carbons (Fsp3) is 0.604. The van der Waals surface area contributed by atoms with E-state index in [2.05, 4.69) is 10.8 Å². The molecule has 0 spiro atoms. The maximum atomic E-state index is 14.9. The van der Waals surface area contributed by atoms with Gasteiger partial charge in [0.15, 0.2) is 5.78 Å². The number of ketones is 2. The topological polar surface area (TPSA) is 149 Å². The van der Waals surface area contributed by atoms with Gasteiger partial charge in [0, 0.05) is 54.7 Å². The Bertz CT molecular complexity index is 2190. The summed E-state index contributed by atoms with van der Waals surface area (Å²) in [6.07, 6.45) is 14.2. The van der Waals surface area contributed by atoms with Crippen LogP contribution in [0.2, 0.25) is 0 Å². The normalized spacial score (nSPS) is 27.7. The zero-order valence-corrected chi connectivity index (χ0v) is 35.9. The lowest BCUT2D eigenvalue weighted by Gasteiger charge is -2.29. The van der Waals surface area contributed by atoms with E-state index >= 15 is 0 Å². The molecule has 2 saturated carbocycles. The van der Waals surface area contributed by atoms with Gasteiger partial charge in [0.2, 0.25) is 21.8 Å². The van der Waals surface area contributed by atoms with Crippen LogP contribution >= 0.6 is 0 Å². The first kappa shape index (κ1) is 42.4. The standard InChI is InChI=1S/C48H61N3O8S/c1-58-44-28-41-39-25-33(44)18-10-5-2-3-8-15-21-36(52)24-34-19-11-6-4-7-14-20-35-29-48(35,47(55)50-60(56,57)38-22-23-38)30-43(53)42-26-37(31-51(42)46(34)54)59-45(39)27-40(49-41)32-16-12-9-13-17-32/h9,12-13,16-17,25,27-28,34-35,37-38,42H,2-8,10-11,14-15,18-24,26,29-31H2,1H3,(H,50,55)/t34-,35+,37-,42+,48-/m1/s1. The maximum Gasteiger partial charge on any atom is 0.240 e. The largest absolute Gasteiger partial charge is 0.496 e. The van der Waals surface area contributed by atoms with Crippen molar-refractivity contribution in [2.45, 2.75) is 152 Å². The summed E-state index contributed by atoms with van der Waals surface area (Å²) in [5.41, 5.74) is 2.27. The average molecular weight is 840 g/mol. The highest BCUT2D eigenvalue weighted by Crippen LogP contribution is 2.59. The molecule has 12 heteroatoms. The predicted octanol–water partition coefficient (Wildman–Crippen LogP) is 8.44. The molecule has 0 radical (unpaired) electrons. The Morgan fingerprint density at radius 3 is 2.30 bits per heavy atom. The molecule has 1 aromatic heterocycles. The van der Waals surface area contributed by atoms with Gasteiger partial charge in [0.05, 0.1) is 41.6 Å². The van der Waals surface area contributed by atoms with Gasteiger partial charge >= 0.3 is 0 Å². The smallest absolute Gasteiger partial charge is 0.240 e. The number of aromatic nitrogens is 1. The minimum Gasteiger partial charge on any atom is -0.496 e. The number of hydrogen-bond acceptors (Lipinski definition) is 9. The van der Waals surface area contributed by atoms with E-state index in [0.717, 1.165) is 111 Å². The van der Waals surface area contributed by atoms with Crippen LogP contribution < -0.4 is 14.2 Å². The second-order valence-corrected chi connectivity index (χ2v) is 20.3. The Morgan fingerprint density at radius 2 is 1.57 bits per heavy atom. The Balaban J connectivity index is 1.17. The number of Topliss-reactive ketones (excluding diaryl/α,β-unsaturated/α-hetero) is 2. The van der Waals surface area contributed by atoms with E-state index in [1.54, 1.807) is 12.0 Å². The number of aryl methyl sites for hydroxylation is 1. The van der Waals surface area contributed by atoms with Crippen LogP contribution in [0.3, 0.4) is 0 Å². The van der Waals surface area contributed by atoms with E-state index in [9.17, 15) is 27.6 Å². The van der Waals surface area contributed by atoms with Gasteiger partial charge in [-0.05, 0) is 68.9 Å². The minimum absolute atomic E-state index is 0.0852. The zero-order chi connectivity index (χ0) is 41.9. The molecule has 5 bridgehead atoms. The maximum absolute atomic E-state index is 14.9. The lowest BCUT2D eigenvalue weighted by atomic mass is 9.89. The molecule has 8 rings (SSSR count). The van der Waals surface area contributed by atoms with E-state index < -0.39 is 44.7 Å². The number of carbonyl (C=O) groups excluding carboxylic acids is 4. The van der Waals surface area contributed by atoms with E-state index in [-0.39, 0.29) is 49.2 Å². The number of benzene rings is 2. The van der Waals surface area contributed by atoms with E-state index in [0.29, 0.717) is 43.4 Å². The summed E-state index contributed by atoms with van der Waals surface area (Å²) >= 11 is 0. The molecule has 2 aliphatic carbocycles. The fourth-order valence-electron chi connectivity index (χ4n) is 10.2.